The Balaban J connectivity index is 1.41. The Bertz CT molecular complexity index is 916. The lowest BCUT2D eigenvalue weighted by Crippen LogP contribution is -2.52. The molecule has 1 aliphatic rings. The molecule has 1 fully saturated rings. The number of nitrogens with zero attached hydrogens (tertiary/aromatic N) is 2. The molecule has 1 aliphatic heterocycles. The molecule has 0 spiro atoms. The number of halogens is 2. The van der Waals surface area contributed by atoms with Crippen molar-refractivity contribution in [3.05, 3.63) is 69.7 Å². The maximum absolute atomic E-state index is 12.6. The smallest absolute Gasteiger partial charge is 0.321 e. The lowest BCUT2D eigenvalue weighted by Gasteiger charge is -2.34. The van der Waals surface area contributed by atoms with Crippen molar-refractivity contribution in [2.45, 2.75) is 6.54 Å². The highest BCUT2D eigenvalue weighted by molar-refractivity contribution is 6.36. The van der Waals surface area contributed by atoms with Gasteiger partial charge in [-0.2, -0.15) is 0 Å². The first-order chi connectivity index (χ1) is 14.4. The van der Waals surface area contributed by atoms with Crippen molar-refractivity contribution in [2.75, 3.05) is 32.7 Å². The van der Waals surface area contributed by atoms with Crippen molar-refractivity contribution in [3.63, 3.8) is 0 Å². The van der Waals surface area contributed by atoms with E-state index in [9.17, 15) is 14.4 Å². The molecular weight excluding hydrogens is 427 g/mol. The Kier molecular flexibility index (Phi) is 7.68. The maximum Gasteiger partial charge on any atom is 0.321 e. The SMILES string of the molecule is O=C(CN1CCN(C(=O)c2ccc(Cl)cc2Cl)CC1)NC(=O)NCc1ccccc1. The molecule has 3 rings (SSSR count). The summed E-state index contributed by atoms with van der Waals surface area (Å²) >= 11 is 12.0. The Morgan fingerprint density at radius 3 is 2.30 bits per heavy atom. The summed E-state index contributed by atoms with van der Waals surface area (Å²) in [6, 6.07) is 13.7. The first kappa shape index (κ1) is 22.1. The van der Waals surface area contributed by atoms with Gasteiger partial charge < -0.3 is 10.2 Å². The van der Waals surface area contributed by atoms with Crippen molar-refractivity contribution in [3.8, 4) is 0 Å². The van der Waals surface area contributed by atoms with Gasteiger partial charge in [-0.05, 0) is 23.8 Å². The molecule has 2 aromatic rings. The summed E-state index contributed by atoms with van der Waals surface area (Å²) in [6.45, 7) is 2.40. The van der Waals surface area contributed by atoms with Crippen LogP contribution in [0.2, 0.25) is 10.0 Å². The highest BCUT2D eigenvalue weighted by atomic mass is 35.5. The summed E-state index contributed by atoms with van der Waals surface area (Å²) in [5.41, 5.74) is 1.35. The largest absolute Gasteiger partial charge is 0.336 e. The highest BCUT2D eigenvalue weighted by Gasteiger charge is 2.25. The fourth-order valence-electron chi connectivity index (χ4n) is 3.13. The zero-order chi connectivity index (χ0) is 21.5. The molecular formula is C21H22Cl2N4O3. The van der Waals surface area contributed by atoms with Crippen LogP contribution in [0.25, 0.3) is 0 Å². The predicted octanol–water partition coefficient (Wildman–Crippen LogP) is 2.78. The van der Waals surface area contributed by atoms with Crippen LogP contribution in [0.3, 0.4) is 0 Å². The molecule has 0 atom stereocenters. The first-order valence-electron chi connectivity index (χ1n) is 9.50. The summed E-state index contributed by atoms with van der Waals surface area (Å²) in [5, 5.41) is 5.77. The average molecular weight is 449 g/mol. The van der Waals surface area contributed by atoms with E-state index < -0.39 is 6.03 Å². The maximum atomic E-state index is 12.6. The zero-order valence-electron chi connectivity index (χ0n) is 16.2. The Morgan fingerprint density at radius 2 is 1.63 bits per heavy atom. The first-order valence-corrected chi connectivity index (χ1v) is 10.3. The van der Waals surface area contributed by atoms with Gasteiger partial charge >= 0.3 is 6.03 Å². The lowest BCUT2D eigenvalue weighted by atomic mass is 10.1. The van der Waals surface area contributed by atoms with E-state index in [-0.39, 0.29) is 18.4 Å². The molecule has 0 saturated carbocycles. The van der Waals surface area contributed by atoms with Crippen molar-refractivity contribution in [2.24, 2.45) is 0 Å². The van der Waals surface area contributed by atoms with Crippen LogP contribution in [0.15, 0.2) is 48.5 Å². The predicted molar refractivity (Wildman–Crippen MR) is 116 cm³/mol. The summed E-state index contributed by atoms with van der Waals surface area (Å²) < 4.78 is 0. The van der Waals surface area contributed by atoms with E-state index in [4.69, 9.17) is 23.2 Å². The number of piperazine rings is 1. The van der Waals surface area contributed by atoms with Crippen LogP contribution in [0.4, 0.5) is 4.79 Å². The summed E-state index contributed by atoms with van der Waals surface area (Å²) in [5.74, 6) is -0.554. The fraction of sp³-hybridized carbons (Fsp3) is 0.286. The van der Waals surface area contributed by atoms with Gasteiger partial charge in [-0.15, -0.1) is 0 Å². The molecule has 0 unspecified atom stereocenters. The van der Waals surface area contributed by atoms with Gasteiger partial charge in [-0.1, -0.05) is 53.5 Å². The fourth-order valence-corrected chi connectivity index (χ4v) is 3.62. The van der Waals surface area contributed by atoms with E-state index >= 15 is 0 Å². The summed E-state index contributed by atoms with van der Waals surface area (Å²) in [7, 11) is 0. The molecule has 30 heavy (non-hydrogen) atoms. The number of urea groups is 1. The van der Waals surface area contributed by atoms with Gasteiger partial charge in [0.2, 0.25) is 5.91 Å². The number of rotatable bonds is 5. The molecule has 1 saturated heterocycles. The van der Waals surface area contributed by atoms with Crippen LogP contribution in [0.5, 0.6) is 0 Å². The van der Waals surface area contributed by atoms with Gasteiger partial charge in [0.05, 0.1) is 17.1 Å². The van der Waals surface area contributed by atoms with Crippen LogP contribution >= 0.6 is 23.2 Å². The number of hydrogen-bond donors (Lipinski definition) is 2. The normalized spacial score (nSPS) is 14.3. The monoisotopic (exact) mass is 448 g/mol. The standard InChI is InChI=1S/C21H22Cl2N4O3/c22-16-6-7-17(18(23)12-16)20(29)27-10-8-26(9-11-27)14-19(28)25-21(30)24-13-15-4-2-1-3-5-15/h1-7,12H,8-11,13-14H2,(H2,24,25,28,30). The van der Waals surface area contributed by atoms with Crippen LogP contribution in [-0.4, -0.2) is 60.4 Å². The highest BCUT2D eigenvalue weighted by Crippen LogP contribution is 2.22. The van der Waals surface area contributed by atoms with Crippen LogP contribution < -0.4 is 10.6 Å². The minimum atomic E-state index is -0.532. The van der Waals surface area contributed by atoms with Crippen LogP contribution in [-0.2, 0) is 11.3 Å². The number of nitrogens with one attached hydrogen (secondary N) is 2. The Labute approximate surface area is 184 Å². The van der Waals surface area contributed by atoms with Crippen LogP contribution in [0, 0.1) is 0 Å². The van der Waals surface area contributed by atoms with E-state index in [2.05, 4.69) is 10.6 Å². The number of imide groups is 1. The van der Waals surface area contributed by atoms with Gasteiger partial charge in [0, 0.05) is 37.7 Å². The number of benzene rings is 2. The molecule has 0 radical (unpaired) electrons. The summed E-state index contributed by atoms with van der Waals surface area (Å²) in [6.07, 6.45) is 0. The second kappa shape index (κ2) is 10.4. The number of carbonyl (C=O) groups excluding carboxylic acids is 3. The van der Waals surface area contributed by atoms with Crippen LogP contribution in [0.1, 0.15) is 15.9 Å². The number of carbonyl (C=O) groups is 3. The van der Waals surface area contributed by atoms with Gasteiger partial charge in [0.1, 0.15) is 0 Å². The van der Waals surface area contributed by atoms with Crippen molar-refractivity contribution >= 4 is 41.0 Å². The third kappa shape index (κ3) is 6.19. The lowest BCUT2D eigenvalue weighted by molar-refractivity contribution is -0.121. The average Bonchev–Trinajstić information content (AvgIpc) is 2.73. The number of hydrogen-bond acceptors (Lipinski definition) is 4. The molecule has 4 amide bonds. The second-order valence-electron chi connectivity index (χ2n) is 6.91. The molecule has 1 heterocycles. The van der Waals surface area contributed by atoms with Gasteiger partial charge in [-0.3, -0.25) is 19.8 Å². The topological polar surface area (TPSA) is 81.8 Å². The van der Waals surface area contributed by atoms with Gasteiger partial charge in [0.15, 0.2) is 0 Å². The molecule has 2 aromatic carbocycles. The molecule has 0 bridgehead atoms. The van der Waals surface area contributed by atoms with Crippen molar-refractivity contribution in [1.82, 2.24) is 20.4 Å². The van der Waals surface area contributed by atoms with Gasteiger partial charge in [0.25, 0.3) is 5.91 Å². The van der Waals surface area contributed by atoms with Crippen molar-refractivity contribution in [1.29, 1.82) is 0 Å². The molecule has 9 heteroatoms. The minimum Gasteiger partial charge on any atom is -0.336 e. The molecule has 7 nitrogen and oxygen atoms in total. The molecule has 0 aliphatic carbocycles. The third-order valence-electron chi connectivity index (χ3n) is 4.74. The Morgan fingerprint density at radius 1 is 0.933 bits per heavy atom. The zero-order valence-corrected chi connectivity index (χ0v) is 17.7. The minimum absolute atomic E-state index is 0.0858. The van der Waals surface area contributed by atoms with E-state index in [0.29, 0.717) is 48.3 Å². The molecule has 2 N–H and O–H groups in total. The van der Waals surface area contributed by atoms with E-state index in [1.807, 2.05) is 35.2 Å². The second-order valence-corrected chi connectivity index (χ2v) is 7.75. The molecule has 0 aromatic heterocycles. The van der Waals surface area contributed by atoms with E-state index in [0.717, 1.165) is 5.56 Å². The number of amides is 4. The van der Waals surface area contributed by atoms with E-state index in [1.54, 1.807) is 23.1 Å². The summed E-state index contributed by atoms with van der Waals surface area (Å²) in [4.78, 5) is 40.2. The quantitative estimate of drug-likeness (QED) is 0.736. The van der Waals surface area contributed by atoms with Crippen molar-refractivity contribution < 1.29 is 14.4 Å². The van der Waals surface area contributed by atoms with Gasteiger partial charge in [-0.25, -0.2) is 4.79 Å². The molecule has 158 valence electrons. The third-order valence-corrected chi connectivity index (χ3v) is 5.28. The van der Waals surface area contributed by atoms with E-state index in [1.165, 1.54) is 0 Å². The Hall–Kier alpha value is -2.61.